The summed E-state index contributed by atoms with van der Waals surface area (Å²) >= 11 is 0. The maximum absolute atomic E-state index is 11.5. The van der Waals surface area contributed by atoms with E-state index in [0.717, 1.165) is 12.8 Å². The molecule has 1 atom stereocenters. The van der Waals surface area contributed by atoms with Crippen LogP contribution in [0.25, 0.3) is 0 Å². The zero-order chi connectivity index (χ0) is 15.4. The first kappa shape index (κ1) is 18.0. The van der Waals surface area contributed by atoms with Crippen LogP contribution >= 0.6 is 0 Å². The van der Waals surface area contributed by atoms with E-state index in [4.69, 9.17) is 16.2 Å². The molecular formula is C12H24N4O4. The third-order valence-corrected chi connectivity index (χ3v) is 2.45. The molecule has 0 aliphatic carbocycles. The molecule has 0 radical (unpaired) electrons. The summed E-state index contributed by atoms with van der Waals surface area (Å²) in [6.07, 6.45) is 1.97. The summed E-state index contributed by atoms with van der Waals surface area (Å²) in [5, 5.41) is 2.47. The van der Waals surface area contributed by atoms with Crippen molar-refractivity contribution in [3.63, 3.8) is 0 Å². The molecule has 116 valence electrons. The molecule has 0 aliphatic heterocycles. The van der Waals surface area contributed by atoms with Gasteiger partial charge in [0.25, 0.3) is 0 Å². The Balaban J connectivity index is 4.17. The third-order valence-electron chi connectivity index (χ3n) is 2.45. The van der Waals surface area contributed by atoms with Gasteiger partial charge in [-0.05, 0) is 19.3 Å². The number of alkyl carbamates (subject to hydrolysis) is 1. The minimum absolute atomic E-state index is 0.00782. The van der Waals surface area contributed by atoms with Crippen LogP contribution in [0.5, 0.6) is 0 Å². The van der Waals surface area contributed by atoms with E-state index < -0.39 is 18.1 Å². The quantitative estimate of drug-likeness (QED) is 0.239. The van der Waals surface area contributed by atoms with Gasteiger partial charge in [0.1, 0.15) is 6.04 Å². The lowest BCUT2D eigenvalue weighted by atomic mass is 10.1. The number of nitrogens with two attached hydrogens (primary N) is 2. The Hall–Kier alpha value is -1.99. The molecule has 0 aromatic rings. The molecule has 0 fully saturated rings. The molecule has 8 heteroatoms. The number of ether oxygens (including phenoxy) is 2. The Labute approximate surface area is 118 Å². The molecule has 0 aromatic carbocycles. The zero-order valence-electron chi connectivity index (χ0n) is 12.1. The smallest absolute Gasteiger partial charge is 0.407 e. The highest BCUT2D eigenvalue weighted by Gasteiger charge is 2.21. The van der Waals surface area contributed by atoms with Gasteiger partial charge in [-0.3, -0.25) is 4.99 Å². The van der Waals surface area contributed by atoms with E-state index >= 15 is 0 Å². The van der Waals surface area contributed by atoms with E-state index in [9.17, 15) is 9.59 Å². The summed E-state index contributed by atoms with van der Waals surface area (Å²) in [4.78, 5) is 26.8. The number of esters is 1. The molecule has 0 bridgehead atoms. The Morgan fingerprint density at radius 2 is 2.00 bits per heavy atom. The van der Waals surface area contributed by atoms with E-state index in [1.807, 2.05) is 6.92 Å². The van der Waals surface area contributed by atoms with E-state index in [-0.39, 0.29) is 5.96 Å². The molecule has 0 aromatic heterocycles. The van der Waals surface area contributed by atoms with Crippen LogP contribution in [0.4, 0.5) is 4.79 Å². The number of hydrogen-bond acceptors (Lipinski definition) is 5. The van der Waals surface area contributed by atoms with Crippen LogP contribution in [-0.2, 0) is 14.3 Å². The number of carbonyl (C=O) groups is 2. The second kappa shape index (κ2) is 10.9. The molecule has 0 spiro atoms. The largest absolute Gasteiger partial charge is 0.467 e. The van der Waals surface area contributed by atoms with E-state index in [1.165, 1.54) is 7.11 Å². The number of aliphatic imine (C=N–C) groups is 1. The summed E-state index contributed by atoms with van der Waals surface area (Å²) in [6.45, 7) is 2.69. The maximum atomic E-state index is 11.5. The van der Waals surface area contributed by atoms with Gasteiger partial charge >= 0.3 is 12.1 Å². The van der Waals surface area contributed by atoms with Crippen LogP contribution in [0.2, 0.25) is 0 Å². The number of methoxy groups -OCH3 is 1. The van der Waals surface area contributed by atoms with Crippen LogP contribution < -0.4 is 16.8 Å². The van der Waals surface area contributed by atoms with E-state index in [2.05, 4.69) is 15.0 Å². The van der Waals surface area contributed by atoms with Crippen LogP contribution in [-0.4, -0.2) is 44.3 Å². The number of nitrogens with one attached hydrogen (secondary N) is 1. The fourth-order valence-electron chi connectivity index (χ4n) is 1.39. The van der Waals surface area contributed by atoms with Gasteiger partial charge in [0, 0.05) is 6.54 Å². The number of amides is 1. The predicted octanol–water partition coefficient (Wildman–Crippen LogP) is 0.108. The van der Waals surface area contributed by atoms with Gasteiger partial charge in [0.05, 0.1) is 13.7 Å². The van der Waals surface area contributed by atoms with Gasteiger partial charge in [0.15, 0.2) is 5.96 Å². The SMILES string of the molecule is CCCCOC(=O)N[C@@H](CCCN=C(N)N)C(=O)OC. The van der Waals surface area contributed by atoms with Gasteiger partial charge in [-0.2, -0.15) is 0 Å². The summed E-state index contributed by atoms with van der Waals surface area (Å²) < 4.78 is 9.55. The van der Waals surface area contributed by atoms with Crippen LogP contribution in [0.1, 0.15) is 32.6 Å². The van der Waals surface area contributed by atoms with Gasteiger partial charge < -0.3 is 26.3 Å². The van der Waals surface area contributed by atoms with Gasteiger partial charge in [-0.1, -0.05) is 13.3 Å². The number of unbranched alkanes of at least 4 members (excludes halogenated alkanes) is 1. The molecule has 8 nitrogen and oxygen atoms in total. The van der Waals surface area contributed by atoms with Crippen LogP contribution in [0.3, 0.4) is 0 Å². The number of rotatable bonds is 9. The highest BCUT2D eigenvalue weighted by molar-refractivity contribution is 5.81. The first-order valence-electron chi connectivity index (χ1n) is 6.57. The Kier molecular flexibility index (Phi) is 9.81. The second-order valence-electron chi connectivity index (χ2n) is 4.16. The summed E-state index contributed by atoms with van der Waals surface area (Å²) in [5.41, 5.74) is 10.4. The molecule has 0 aliphatic rings. The lowest BCUT2D eigenvalue weighted by molar-refractivity contribution is -0.143. The van der Waals surface area contributed by atoms with Crippen molar-refractivity contribution in [1.29, 1.82) is 0 Å². The molecule has 5 N–H and O–H groups in total. The van der Waals surface area contributed by atoms with Crippen LogP contribution in [0, 0.1) is 0 Å². The minimum Gasteiger partial charge on any atom is -0.467 e. The van der Waals surface area contributed by atoms with Gasteiger partial charge in [-0.15, -0.1) is 0 Å². The van der Waals surface area contributed by atoms with Crippen LogP contribution in [0.15, 0.2) is 4.99 Å². The normalized spacial score (nSPS) is 11.3. The minimum atomic E-state index is -0.761. The standard InChI is InChI=1S/C12H24N4O4/c1-3-4-8-20-12(18)16-9(10(17)19-2)6-5-7-15-11(13)14/h9H,3-8H2,1-2H3,(H,16,18)(H4,13,14,15)/t9-/m0/s1. The fourth-order valence-corrected chi connectivity index (χ4v) is 1.39. The fraction of sp³-hybridized carbons (Fsp3) is 0.750. The number of carbonyl (C=O) groups excluding carboxylic acids is 2. The number of nitrogens with zero attached hydrogens (tertiary/aromatic N) is 1. The topological polar surface area (TPSA) is 129 Å². The lowest BCUT2D eigenvalue weighted by Gasteiger charge is -2.15. The predicted molar refractivity (Wildman–Crippen MR) is 75.1 cm³/mol. The number of hydrogen-bond donors (Lipinski definition) is 3. The van der Waals surface area contributed by atoms with E-state index in [1.54, 1.807) is 0 Å². The molecule has 0 saturated heterocycles. The van der Waals surface area contributed by atoms with Gasteiger partial charge in [-0.25, -0.2) is 9.59 Å². The summed E-state index contributed by atoms with van der Waals surface area (Å²) in [6, 6.07) is -0.761. The highest BCUT2D eigenvalue weighted by Crippen LogP contribution is 2.01. The summed E-state index contributed by atoms with van der Waals surface area (Å²) in [7, 11) is 1.26. The molecule has 0 saturated carbocycles. The Morgan fingerprint density at radius 1 is 1.30 bits per heavy atom. The average molecular weight is 288 g/mol. The van der Waals surface area contributed by atoms with Gasteiger partial charge in [0.2, 0.25) is 0 Å². The lowest BCUT2D eigenvalue weighted by Crippen LogP contribution is -2.42. The molecule has 0 rings (SSSR count). The molecule has 1 amide bonds. The third kappa shape index (κ3) is 9.01. The zero-order valence-corrected chi connectivity index (χ0v) is 12.1. The Bertz CT molecular complexity index is 329. The molecule has 0 unspecified atom stereocenters. The maximum Gasteiger partial charge on any atom is 0.407 e. The summed E-state index contributed by atoms with van der Waals surface area (Å²) in [5.74, 6) is -0.534. The molecule has 0 heterocycles. The van der Waals surface area contributed by atoms with Crippen molar-refractivity contribution in [2.45, 2.75) is 38.6 Å². The first-order chi connectivity index (χ1) is 9.51. The van der Waals surface area contributed by atoms with Crippen molar-refractivity contribution in [2.24, 2.45) is 16.5 Å². The van der Waals surface area contributed by atoms with Crippen molar-refractivity contribution in [3.8, 4) is 0 Å². The van der Waals surface area contributed by atoms with Crippen molar-refractivity contribution >= 4 is 18.0 Å². The van der Waals surface area contributed by atoms with E-state index in [0.29, 0.717) is 26.0 Å². The van der Waals surface area contributed by atoms with Crippen molar-refractivity contribution in [2.75, 3.05) is 20.3 Å². The Morgan fingerprint density at radius 3 is 2.55 bits per heavy atom. The molecule has 20 heavy (non-hydrogen) atoms. The van der Waals surface area contributed by atoms with Crippen molar-refractivity contribution in [3.05, 3.63) is 0 Å². The van der Waals surface area contributed by atoms with Crippen molar-refractivity contribution in [1.82, 2.24) is 5.32 Å². The monoisotopic (exact) mass is 288 g/mol. The molecular weight excluding hydrogens is 264 g/mol. The average Bonchev–Trinajstić information content (AvgIpc) is 2.41. The number of guanidine groups is 1. The highest BCUT2D eigenvalue weighted by atomic mass is 16.6. The first-order valence-corrected chi connectivity index (χ1v) is 6.57. The second-order valence-corrected chi connectivity index (χ2v) is 4.16. The van der Waals surface area contributed by atoms with Crippen molar-refractivity contribution < 1.29 is 19.1 Å².